The van der Waals surface area contributed by atoms with Crippen LogP contribution < -0.4 is 11.1 Å². The van der Waals surface area contributed by atoms with Gasteiger partial charge in [-0.15, -0.1) is 0 Å². The molecule has 0 unspecified atom stereocenters. The van der Waals surface area contributed by atoms with Gasteiger partial charge in [-0.3, -0.25) is 9.59 Å². The molecule has 19 heavy (non-hydrogen) atoms. The average molecular weight is 284 g/mol. The van der Waals surface area contributed by atoms with Gasteiger partial charge in [0, 0.05) is 13.6 Å². The molecule has 0 fully saturated rings. The predicted molar refractivity (Wildman–Crippen MR) is 76.1 cm³/mol. The molecule has 0 saturated heterocycles. The van der Waals surface area contributed by atoms with Crippen LogP contribution in [0.2, 0.25) is 5.02 Å². The summed E-state index contributed by atoms with van der Waals surface area (Å²) in [5.41, 5.74) is 6.29. The highest BCUT2D eigenvalue weighted by atomic mass is 35.5. The van der Waals surface area contributed by atoms with Gasteiger partial charge >= 0.3 is 0 Å². The van der Waals surface area contributed by atoms with E-state index in [1.165, 1.54) is 4.90 Å². The molecule has 0 aliphatic heterocycles. The molecule has 0 atom stereocenters. The summed E-state index contributed by atoms with van der Waals surface area (Å²) in [6.07, 6.45) is 0.852. The number of hydrogen-bond donors (Lipinski definition) is 2. The third kappa shape index (κ3) is 4.13. The van der Waals surface area contributed by atoms with Crippen molar-refractivity contribution >= 4 is 29.1 Å². The van der Waals surface area contributed by atoms with Crippen LogP contribution in [0, 0.1) is 0 Å². The van der Waals surface area contributed by atoms with Crippen molar-refractivity contribution in [2.45, 2.75) is 13.3 Å². The number of anilines is 1. The highest BCUT2D eigenvalue weighted by Crippen LogP contribution is 2.23. The van der Waals surface area contributed by atoms with Crippen molar-refractivity contribution in [1.82, 2.24) is 10.2 Å². The van der Waals surface area contributed by atoms with Crippen LogP contribution in [0.25, 0.3) is 0 Å². The fourth-order valence-corrected chi connectivity index (χ4v) is 1.73. The zero-order valence-electron chi connectivity index (χ0n) is 11.1. The molecule has 0 bridgehead atoms. The molecule has 0 aliphatic carbocycles. The summed E-state index contributed by atoms with van der Waals surface area (Å²) in [6, 6.07) is 4.86. The molecule has 1 rings (SSSR count). The molecular weight excluding hydrogens is 266 g/mol. The summed E-state index contributed by atoms with van der Waals surface area (Å²) < 4.78 is 0. The molecule has 0 aliphatic rings. The van der Waals surface area contributed by atoms with Gasteiger partial charge in [-0.1, -0.05) is 24.6 Å². The molecule has 0 spiro atoms. The SMILES string of the molecule is CCCNC(=O)CN(C)C(=O)c1cccc(N)c1Cl. The first-order valence-electron chi connectivity index (χ1n) is 6.03. The van der Waals surface area contributed by atoms with Gasteiger partial charge in [0.05, 0.1) is 22.8 Å². The zero-order valence-corrected chi connectivity index (χ0v) is 11.8. The Balaban J connectivity index is 2.72. The maximum atomic E-state index is 12.1. The average Bonchev–Trinajstić information content (AvgIpc) is 2.38. The highest BCUT2D eigenvalue weighted by Gasteiger charge is 2.18. The Morgan fingerprint density at radius 1 is 1.42 bits per heavy atom. The van der Waals surface area contributed by atoms with Crippen molar-refractivity contribution in [2.75, 3.05) is 25.9 Å². The molecule has 6 heteroatoms. The number of nitrogens with zero attached hydrogens (tertiary/aromatic N) is 1. The van der Waals surface area contributed by atoms with Gasteiger partial charge in [0.15, 0.2) is 0 Å². The van der Waals surface area contributed by atoms with E-state index in [9.17, 15) is 9.59 Å². The molecule has 2 amide bonds. The smallest absolute Gasteiger partial charge is 0.255 e. The van der Waals surface area contributed by atoms with Crippen LogP contribution in [-0.4, -0.2) is 36.9 Å². The largest absolute Gasteiger partial charge is 0.398 e. The lowest BCUT2D eigenvalue weighted by Crippen LogP contribution is -2.38. The number of rotatable bonds is 5. The number of likely N-dealkylation sites (N-methyl/N-ethyl adjacent to an activating group) is 1. The van der Waals surface area contributed by atoms with E-state index in [2.05, 4.69) is 5.32 Å². The lowest BCUT2D eigenvalue weighted by Gasteiger charge is -2.17. The monoisotopic (exact) mass is 283 g/mol. The summed E-state index contributed by atoms with van der Waals surface area (Å²) >= 11 is 5.98. The van der Waals surface area contributed by atoms with Crippen molar-refractivity contribution < 1.29 is 9.59 Å². The predicted octanol–water partition coefficient (Wildman–Crippen LogP) is 1.52. The van der Waals surface area contributed by atoms with Gasteiger partial charge in [0.25, 0.3) is 5.91 Å². The first-order chi connectivity index (χ1) is 8.97. The van der Waals surface area contributed by atoms with Crippen LogP contribution in [0.15, 0.2) is 18.2 Å². The molecule has 1 aromatic rings. The number of halogens is 1. The van der Waals surface area contributed by atoms with Crippen molar-refractivity contribution in [3.05, 3.63) is 28.8 Å². The molecule has 0 radical (unpaired) electrons. The lowest BCUT2D eigenvalue weighted by molar-refractivity contribution is -0.121. The number of carbonyl (C=O) groups excluding carboxylic acids is 2. The molecule has 0 saturated carbocycles. The second-order valence-electron chi connectivity index (χ2n) is 4.22. The van der Waals surface area contributed by atoms with Gasteiger partial charge in [0.1, 0.15) is 0 Å². The normalized spacial score (nSPS) is 10.1. The lowest BCUT2D eigenvalue weighted by atomic mass is 10.2. The summed E-state index contributed by atoms with van der Waals surface area (Å²) in [6.45, 7) is 2.55. The number of nitrogen functional groups attached to an aromatic ring is 1. The number of amides is 2. The molecule has 3 N–H and O–H groups in total. The maximum Gasteiger partial charge on any atom is 0.255 e. The van der Waals surface area contributed by atoms with Crippen molar-refractivity contribution in [2.24, 2.45) is 0 Å². The number of nitrogens with one attached hydrogen (secondary N) is 1. The Morgan fingerprint density at radius 2 is 2.11 bits per heavy atom. The number of benzene rings is 1. The number of carbonyl (C=O) groups is 2. The van der Waals surface area contributed by atoms with Gasteiger partial charge in [-0.2, -0.15) is 0 Å². The molecular formula is C13H18ClN3O2. The minimum atomic E-state index is -0.330. The topological polar surface area (TPSA) is 75.4 Å². The zero-order chi connectivity index (χ0) is 14.4. The summed E-state index contributed by atoms with van der Waals surface area (Å²) in [4.78, 5) is 25.0. The Hall–Kier alpha value is -1.75. The fourth-order valence-electron chi connectivity index (χ4n) is 1.53. The van der Waals surface area contributed by atoms with Crippen LogP contribution in [-0.2, 0) is 4.79 Å². The fraction of sp³-hybridized carbons (Fsp3) is 0.385. The van der Waals surface area contributed by atoms with Gasteiger partial charge < -0.3 is 16.0 Å². The van der Waals surface area contributed by atoms with E-state index in [4.69, 9.17) is 17.3 Å². The van der Waals surface area contributed by atoms with E-state index in [1.807, 2.05) is 6.92 Å². The molecule has 0 heterocycles. The second kappa shape index (κ2) is 6.99. The Morgan fingerprint density at radius 3 is 2.74 bits per heavy atom. The highest BCUT2D eigenvalue weighted by molar-refractivity contribution is 6.36. The van der Waals surface area contributed by atoms with Gasteiger partial charge in [-0.25, -0.2) is 0 Å². The van der Waals surface area contributed by atoms with Crippen LogP contribution in [0.5, 0.6) is 0 Å². The Kier molecular flexibility index (Phi) is 5.63. The van der Waals surface area contributed by atoms with E-state index in [-0.39, 0.29) is 23.4 Å². The van der Waals surface area contributed by atoms with E-state index in [0.29, 0.717) is 17.8 Å². The molecule has 5 nitrogen and oxygen atoms in total. The first kappa shape index (κ1) is 15.3. The van der Waals surface area contributed by atoms with E-state index in [1.54, 1.807) is 25.2 Å². The van der Waals surface area contributed by atoms with E-state index < -0.39 is 0 Å². The van der Waals surface area contributed by atoms with E-state index in [0.717, 1.165) is 6.42 Å². The second-order valence-corrected chi connectivity index (χ2v) is 4.60. The molecule has 1 aromatic carbocycles. The summed E-state index contributed by atoms with van der Waals surface area (Å²) in [7, 11) is 1.55. The maximum absolute atomic E-state index is 12.1. The molecule has 0 aromatic heterocycles. The van der Waals surface area contributed by atoms with Crippen molar-refractivity contribution in [3.63, 3.8) is 0 Å². The Labute approximate surface area is 117 Å². The third-order valence-electron chi connectivity index (χ3n) is 2.56. The van der Waals surface area contributed by atoms with Crippen LogP contribution >= 0.6 is 11.6 Å². The number of nitrogens with two attached hydrogens (primary N) is 1. The van der Waals surface area contributed by atoms with E-state index >= 15 is 0 Å². The van der Waals surface area contributed by atoms with Gasteiger partial charge in [0.2, 0.25) is 5.91 Å². The summed E-state index contributed by atoms with van der Waals surface area (Å²) in [5.74, 6) is -0.526. The third-order valence-corrected chi connectivity index (χ3v) is 2.98. The quantitative estimate of drug-likeness (QED) is 0.805. The van der Waals surface area contributed by atoms with Crippen LogP contribution in [0.3, 0.4) is 0 Å². The molecule has 104 valence electrons. The standard InChI is InChI=1S/C13H18ClN3O2/c1-3-7-16-11(18)8-17(2)13(19)9-5-4-6-10(15)12(9)14/h4-6H,3,7-8,15H2,1-2H3,(H,16,18). The van der Waals surface area contributed by atoms with Crippen LogP contribution in [0.1, 0.15) is 23.7 Å². The van der Waals surface area contributed by atoms with Crippen molar-refractivity contribution in [1.29, 1.82) is 0 Å². The van der Waals surface area contributed by atoms with Crippen molar-refractivity contribution in [3.8, 4) is 0 Å². The minimum absolute atomic E-state index is 0.00996. The summed E-state index contributed by atoms with van der Waals surface area (Å²) in [5, 5.41) is 2.92. The van der Waals surface area contributed by atoms with Gasteiger partial charge in [-0.05, 0) is 18.6 Å². The Bertz CT molecular complexity index is 477. The van der Waals surface area contributed by atoms with Crippen LogP contribution in [0.4, 0.5) is 5.69 Å². The number of hydrogen-bond acceptors (Lipinski definition) is 3. The first-order valence-corrected chi connectivity index (χ1v) is 6.41. The minimum Gasteiger partial charge on any atom is -0.398 e.